The quantitative estimate of drug-likeness (QED) is 0.482. The second-order valence-corrected chi connectivity index (χ2v) is 3.51. The van der Waals surface area contributed by atoms with Crippen LogP contribution >= 0.6 is 0 Å². The van der Waals surface area contributed by atoms with E-state index in [4.69, 9.17) is 0 Å². The van der Waals surface area contributed by atoms with Crippen LogP contribution in [0, 0.1) is 0 Å². The van der Waals surface area contributed by atoms with E-state index in [1.165, 1.54) is 0 Å². The van der Waals surface area contributed by atoms with Gasteiger partial charge in [0.05, 0.1) is 12.7 Å². The van der Waals surface area contributed by atoms with Crippen LogP contribution in [-0.2, 0) is 4.79 Å². The third kappa shape index (κ3) is 1.75. The molecule has 0 spiro atoms. The molecule has 0 unspecified atom stereocenters. The van der Waals surface area contributed by atoms with Gasteiger partial charge in [0.2, 0.25) is 0 Å². The zero-order valence-electron chi connectivity index (χ0n) is 7.63. The molecule has 2 aliphatic heterocycles. The molecule has 0 aromatic rings. The van der Waals surface area contributed by atoms with Crippen LogP contribution in [0.25, 0.3) is 0 Å². The fourth-order valence-electron chi connectivity index (χ4n) is 1.55. The van der Waals surface area contributed by atoms with Crippen molar-refractivity contribution in [2.24, 2.45) is 0 Å². The fourth-order valence-corrected chi connectivity index (χ4v) is 1.55. The summed E-state index contributed by atoms with van der Waals surface area (Å²) in [5.41, 5.74) is 0.634. The van der Waals surface area contributed by atoms with E-state index in [-0.39, 0.29) is 5.91 Å². The number of hydrogen-bond donors (Lipinski definition) is 3. The lowest BCUT2D eigenvalue weighted by Crippen LogP contribution is -2.58. The molecular weight excluding hydrogens is 168 g/mol. The van der Waals surface area contributed by atoms with Crippen LogP contribution in [0.3, 0.4) is 0 Å². The summed E-state index contributed by atoms with van der Waals surface area (Å²) >= 11 is 0. The summed E-state index contributed by atoms with van der Waals surface area (Å²) in [4.78, 5) is 13.6. The molecule has 0 radical (unpaired) electrons. The average Bonchev–Trinajstić information content (AvgIpc) is 2.53. The van der Waals surface area contributed by atoms with E-state index in [1.807, 2.05) is 7.05 Å². The van der Waals surface area contributed by atoms with Crippen molar-refractivity contribution in [1.29, 1.82) is 0 Å². The van der Waals surface area contributed by atoms with Crippen LogP contribution in [0.5, 0.6) is 0 Å². The van der Waals surface area contributed by atoms with E-state index in [0.717, 1.165) is 13.1 Å². The monoisotopic (exact) mass is 182 g/mol. The number of carbonyl (C=O) groups is 1. The molecule has 0 bridgehead atoms. The minimum absolute atomic E-state index is 0.0110. The number of likely N-dealkylation sites (N-methyl/N-ethyl adjacent to an activating group) is 1. The lowest BCUT2D eigenvalue weighted by molar-refractivity contribution is -0.119. The van der Waals surface area contributed by atoms with Crippen LogP contribution in [0.1, 0.15) is 0 Å². The molecule has 3 N–H and O–H groups in total. The van der Waals surface area contributed by atoms with Crippen molar-refractivity contribution in [3.05, 3.63) is 11.9 Å². The maximum absolute atomic E-state index is 11.5. The predicted octanol–water partition coefficient (Wildman–Crippen LogP) is -1.59. The first-order chi connectivity index (χ1) is 6.25. The van der Waals surface area contributed by atoms with Gasteiger partial charge in [-0.2, -0.15) is 0 Å². The second kappa shape index (κ2) is 3.26. The molecule has 2 aliphatic rings. The molecule has 2 rings (SSSR count). The first-order valence-corrected chi connectivity index (χ1v) is 4.42. The van der Waals surface area contributed by atoms with Crippen LogP contribution in [0.15, 0.2) is 11.9 Å². The van der Waals surface area contributed by atoms with Gasteiger partial charge in [0.1, 0.15) is 5.70 Å². The smallest absolute Gasteiger partial charge is 0.269 e. The standard InChI is InChI=1S/C8H14N4O/c1-12-3-6(4-12)11-8(13)7-2-9-5-10-7/h2,6,9-10H,3-5H2,1H3,(H,11,13). The first-order valence-electron chi connectivity index (χ1n) is 4.42. The number of carbonyl (C=O) groups excluding carboxylic acids is 1. The van der Waals surface area contributed by atoms with Crippen molar-refractivity contribution >= 4 is 5.91 Å². The third-order valence-corrected chi connectivity index (χ3v) is 2.27. The fraction of sp³-hybridized carbons (Fsp3) is 0.625. The highest BCUT2D eigenvalue weighted by atomic mass is 16.2. The molecule has 2 heterocycles. The number of likely N-dealkylation sites (tertiary alicyclic amines) is 1. The molecule has 0 aromatic carbocycles. The number of nitrogens with one attached hydrogen (secondary N) is 3. The van der Waals surface area contributed by atoms with Crippen molar-refractivity contribution in [2.45, 2.75) is 6.04 Å². The highest BCUT2D eigenvalue weighted by molar-refractivity contribution is 5.93. The highest BCUT2D eigenvalue weighted by Gasteiger charge is 2.26. The Hall–Kier alpha value is -1.23. The molecule has 72 valence electrons. The Morgan fingerprint density at radius 2 is 2.46 bits per heavy atom. The summed E-state index contributed by atoms with van der Waals surface area (Å²) < 4.78 is 0. The largest absolute Gasteiger partial charge is 0.372 e. The second-order valence-electron chi connectivity index (χ2n) is 3.51. The Labute approximate surface area is 77.2 Å². The van der Waals surface area contributed by atoms with Crippen molar-refractivity contribution in [3.63, 3.8) is 0 Å². The van der Waals surface area contributed by atoms with Gasteiger partial charge in [-0.3, -0.25) is 4.79 Å². The minimum atomic E-state index is -0.0110. The lowest BCUT2D eigenvalue weighted by Gasteiger charge is -2.36. The first kappa shape index (κ1) is 8.37. The molecule has 1 saturated heterocycles. The number of nitrogens with zero attached hydrogens (tertiary/aromatic N) is 1. The van der Waals surface area contributed by atoms with E-state index >= 15 is 0 Å². The van der Waals surface area contributed by atoms with Crippen molar-refractivity contribution in [2.75, 3.05) is 26.8 Å². The molecule has 1 amide bonds. The molecule has 13 heavy (non-hydrogen) atoms. The normalized spacial score (nSPS) is 22.7. The average molecular weight is 182 g/mol. The summed E-state index contributed by atoms with van der Waals surface area (Å²) in [6.45, 7) is 2.55. The molecule has 0 atom stereocenters. The number of rotatable bonds is 2. The zero-order valence-corrected chi connectivity index (χ0v) is 7.63. The Balaban J connectivity index is 1.78. The van der Waals surface area contributed by atoms with Crippen molar-refractivity contribution < 1.29 is 4.79 Å². The summed E-state index contributed by atoms with van der Waals surface area (Å²) in [5, 5.41) is 8.81. The van der Waals surface area contributed by atoms with E-state index in [2.05, 4.69) is 20.9 Å². The van der Waals surface area contributed by atoms with Gasteiger partial charge in [-0.15, -0.1) is 0 Å². The molecule has 0 saturated carbocycles. The van der Waals surface area contributed by atoms with Gasteiger partial charge in [0, 0.05) is 19.3 Å². The Morgan fingerprint density at radius 1 is 1.69 bits per heavy atom. The van der Waals surface area contributed by atoms with E-state index < -0.39 is 0 Å². The number of hydrogen-bond acceptors (Lipinski definition) is 4. The molecule has 5 heteroatoms. The predicted molar refractivity (Wildman–Crippen MR) is 48.6 cm³/mol. The van der Waals surface area contributed by atoms with Gasteiger partial charge in [-0.25, -0.2) is 0 Å². The van der Waals surface area contributed by atoms with Crippen LogP contribution in [0.2, 0.25) is 0 Å². The molecule has 0 aromatic heterocycles. The van der Waals surface area contributed by atoms with Crippen molar-refractivity contribution in [1.82, 2.24) is 20.9 Å². The van der Waals surface area contributed by atoms with Gasteiger partial charge >= 0.3 is 0 Å². The van der Waals surface area contributed by atoms with Crippen molar-refractivity contribution in [3.8, 4) is 0 Å². The summed E-state index contributed by atoms with van der Waals surface area (Å²) in [5.74, 6) is -0.0110. The maximum Gasteiger partial charge on any atom is 0.269 e. The van der Waals surface area contributed by atoms with Gasteiger partial charge in [-0.05, 0) is 7.05 Å². The summed E-state index contributed by atoms with van der Waals surface area (Å²) in [7, 11) is 2.04. The SMILES string of the molecule is CN1CC(NC(=O)C2=CNCN2)C1. The molecular formula is C8H14N4O. The van der Waals surface area contributed by atoms with Gasteiger partial charge in [0.15, 0.2) is 0 Å². The number of amides is 1. The van der Waals surface area contributed by atoms with E-state index in [1.54, 1.807) is 6.20 Å². The molecule has 5 nitrogen and oxygen atoms in total. The van der Waals surface area contributed by atoms with E-state index in [9.17, 15) is 4.79 Å². The lowest BCUT2D eigenvalue weighted by atomic mass is 10.1. The van der Waals surface area contributed by atoms with Gasteiger partial charge in [0.25, 0.3) is 5.91 Å². The Bertz CT molecular complexity index is 245. The molecule has 0 aliphatic carbocycles. The summed E-state index contributed by atoms with van der Waals surface area (Å²) in [6, 6.07) is 0.320. The topological polar surface area (TPSA) is 56.4 Å². The van der Waals surface area contributed by atoms with Crippen LogP contribution < -0.4 is 16.0 Å². The Morgan fingerprint density at radius 3 is 3.00 bits per heavy atom. The minimum Gasteiger partial charge on any atom is -0.372 e. The zero-order chi connectivity index (χ0) is 9.26. The Kier molecular flexibility index (Phi) is 2.10. The maximum atomic E-state index is 11.5. The molecule has 1 fully saturated rings. The van der Waals surface area contributed by atoms with Gasteiger partial charge < -0.3 is 20.9 Å². The van der Waals surface area contributed by atoms with Crippen LogP contribution in [-0.4, -0.2) is 43.7 Å². The third-order valence-electron chi connectivity index (χ3n) is 2.27. The van der Waals surface area contributed by atoms with Gasteiger partial charge in [-0.1, -0.05) is 0 Å². The van der Waals surface area contributed by atoms with E-state index in [0.29, 0.717) is 18.4 Å². The van der Waals surface area contributed by atoms with Crippen LogP contribution in [0.4, 0.5) is 0 Å². The highest BCUT2D eigenvalue weighted by Crippen LogP contribution is 2.04. The summed E-state index contributed by atoms with van der Waals surface area (Å²) in [6.07, 6.45) is 1.71.